The van der Waals surface area contributed by atoms with Crippen LogP contribution >= 0.6 is 0 Å². The molecule has 0 spiro atoms. The number of benzene rings is 3. The fourth-order valence-corrected chi connectivity index (χ4v) is 3.34. The highest BCUT2D eigenvalue weighted by molar-refractivity contribution is 5.97. The van der Waals surface area contributed by atoms with Gasteiger partial charge in [-0.1, -0.05) is 60.7 Å². The van der Waals surface area contributed by atoms with Gasteiger partial charge < -0.3 is 4.90 Å². The van der Waals surface area contributed by atoms with Crippen LogP contribution in [-0.4, -0.2) is 15.7 Å². The van der Waals surface area contributed by atoms with Crippen LogP contribution < -0.4 is 0 Å². The smallest absolute Gasteiger partial charge is 0.269 e. The van der Waals surface area contributed by atoms with Gasteiger partial charge in [-0.25, -0.2) is 0 Å². The normalized spacial score (nSPS) is 18.4. The van der Waals surface area contributed by atoms with Gasteiger partial charge in [0.05, 0.1) is 17.0 Å². The third kappa shape index (κ3) is 2.84. The highest BCUT2D eigenvalue weighted by Crippen LogP contribution is 2.55. The van der Waals surface area contributed by atoms with Gasteiger partial charge in [-0.15, -0.1) is 0 Å². The van der Waals surface area contributed by atoms with E-state index in [0.717, 1.165) is 11.1 Å². The van der Waals surface area contributed by atoms with Crippen molar-refractivity contribution in [2.45, 2.75) is 12.1 Å². The molecule has 1 aliphatic rings. The van der Waals surface area contributed by atoms with Crippen molar-refractivity contribution in [3.05, 3.63) is 112 Å². The minimum atomic E-state index is -0.467. The topological polar surface area (TPSA) is 63.2 Å². The molecule has 3 aromatic rings. The van der Waals surface area contributed by atoms with Gasteiger partial charge in [0, 0.05) is 17.7 Å². The van der Waals surface area contributed by atoms with E-state index in [1.165, 1.54) is 24.3 Å². The average Bonchev–Trinajstić information content (AvgIpc) is 3.44. The van der Waals surface area contributed by atoms with Crippen LogP contribution in [0.3, 0.4) is 0 Å². The Balaban J connectivity index is 1.66. The molecule has 1 amide bonds. The lowest BCUT2D eigenvalue weighted by Crippen LogP contribution is -2.12. The maximum absolute atomic E-state index is 13.0. The number of non-ortho nitro benzene ring substituents is 1. The zero-order valence-corrected chi connectivity index (χ0v) is 13.9. The van der Waals surface area contributed by atoms with E-state index in [1.54, 1.807) is 0 Å². The van der Waals surface area contributed by atoms with Crippen molar-refractivity contribution in [1.82, 2.24) is 4.90 Å². The lowest BCUT2D eigenvalue weighted by Gasteiger charge is -2.05. The van der Waals surface area contributed by atoms with Crippen LogP contribution in [0, 0.1) is 10.1 Å². The van der Waals surface area contributed by atoms with E-state index in [4.69, 9.17) is 0 Å². The molecule has 5 heteroatoms. The summed E-state index contributed by atoms with van der Waals surface area (Å²) in [5.74, 6) is -0.123. The van der Waals surface area contributed by atoms with Crippen molar-refractivity contribution in [3.8, 4) is 0 Å². The first-order valence-corrected chi connectivity index (χ1v) is 8.34. The van der Waals surface area contributed by atoms with Crippen LogP contribution in [-0.2, 0) is 0 Å². The van der Waals surface area contributed by atoms with Crippen LogP contribution in [0.15, 0.2) is 84.9 Å². The standard InChI is InChI=1S/C21H16N2O3/c24-21(17-11-13-18(14-12-17)23(25)26)22-19(15-7-3-1-4-8-15)20(22)16-9-5-2-6-10-16/h1-14,19-20H/t19-,20+,22?. The van der Waals surface area contributed by atoms with Gasteiger partial charge in [0.25, 0.3) is 11.6 Å². The van der Waals surface area contributed by atoms with Crippen LogP contribution in [0.25, 0.3) is 0 Å². The molecule has 0 aromatic heterocycles. The second-order valence-electron chi connectivity index (χ2n) is 6.23. The highest BCUT2D eigenvalue weighted by atomic mass is 16.6. The predicted octanol–water partition coefficient (Wildman–Crippen LogP) is 4.53. The number of nitro benzene ring substituents is 1. The maximum Gasteiger partial charge on any atom is 0.269 e. The molecule has 0 unspecified atom stereocenters. The molecule has 5 nitrogen and oxygen atoms in total. The van der Waals surface area contributed by atoms with E-state index < -0.39 is 4.92 Å². The van der Waals surface area contributed by atoms with Gasteiger partial charge in [-0.2, -0.15) is 0 Å². The number of nitro groups is 1. The summed E-state index contributed by atoms with van der Waals surface area (Å²) in [5, 5.41) is 10.8. The first kappa shape index (κ1) is 16.0. The van der Waals surface area contributed by atoms with E-state index in [0.29, 0.717) is 5.56 Å². The lowest BCUT2D eigenvalue weighted by molar-refractivity contribution is -0.384. The summed E-state index contributed by atoms with van der Waals surface area (Å²) in [5.41, 5.74) is 2.59. The summed E-state index contributed by atoms with van der Waals surface area (Å²) < 4.78 is 0. The Labute approximate surface area is 150 Å². The van der Waals surface area contributed by atoms with Gasteiger partial charge in [0.15, 0.2) is 0 Å². The van der Waals surface area contributed by atoms with Gasteiger partial charge in [-0.3, -0.25) is 14.9 Å². The summed E-state index contributed by atoms with van der Waals surface area (Å²) >= 11 is 0. The first-order chi connectivity index (χ1) is 12.7. The number of amides is 1. The van der Waals surface area contributed by atoms with Crippen molar-refractivity contribution in [2.24, 2.45) is 0 Å². The Morgan fingerprint density at radius 1 is 0.769 bits per heavy atom. The molecule has 0 bridgehead atoms. The average molecular weight is 344 g/mol. The van der Waals surface area contributed by atoms with E-state index >= 15 is 0 Å². The quantitative estimate of drug-likeness (QED) is 0.397. The molecule has 0 aliphatic carbocycles. The number of carbonyl (C=O) groups is 1. The van der Waals surface area contributed by atoms with Crippen LogP contribution in [0.5, 0.6) is 0 Å². The minimum absolute atomic E-state index is 0.0217. The predicted molar refractivity (Wildman–Crippen MR) is 97.6 cm³/mol. The van der Waals surface area contributed by atoms with Crippen molar-refractivity contribution < 1.29 is 9.72 Å². The molecule has 0 radical (unpaired) electrons. The fraction of sp³-hybridized carbons (Fsp3) is 0.0952. The molecule has 4 rings (SSSR count). The minimum Gasteiger partial charge on any atom is -0.320 e. The lowest BCUT2D eigenvalue weighted by atomic mass is 10.0. The van der Waals surface area contributed by atoms with Crippen LogP contribution in [0.4, 0.5) is 5.69 Å². The monoisotopic (exact) mass is 344 g/mol. The molecule has 26 heavy (non-hydrogen) atoms. The molecule has 1 fully saturated rings. The summed E-state index contributed by atoms with van der Waals surface area (Å²) in [6.07, 6.45) is 0. The molecular weight excluding hydrogens is 328 g/mol. The third-order valence-corrected chi connectivity index (χ3v) is 4.65. The van der Waals surface area contributed by atoms with Crippen molar-refractivity contribution >= 4 is 11.6 Å². The maximum atomic E-state index is 13.0. The molecule has 0 saturated carbocycles. The third-order valence-electron chi connectivity index (χ3n) is 4.65. The molecule has 0 N–H and O–H groups in total. The molecular formula is C21H16N2O3. The van der Waals surface area contributed by atoms with E-state index in [1.807, 2.05) is 65.6 Å². The van der Waals surface area contributed by atoms with Crippen molar-refractivity contribution in [1.29, 1.82) is 0 Å². The molecule has 1 saturated heterocycles. The number of hydrogen-bond donors (Lipinski definition) is 0. The largest absolute Gasteiger partial charge is 0.320 e. The van der Waals surface area contributed by atoms with Gasteiger partial charge >= 0.3 is 0 Å². The number of hydrogen-bond acceptors (Lipinski definition) is 3. The Kier molecular flexibility index (Phi) is 3.97. The van der Waals surface area contributed by atoms with Crippen molar-refractivity contribution in [3.63, 3.8) is 0 Å². The molecule has 2 atom stereocenters. The SMILES string of the molecule is O=C(c1ccc([N+](=O)[O-])cc1)N1[C@H](c2ccccc2)[C@@H]1c1ccccc1. The summed E-state index contributed by atoms with van der Waals surface area (Å²) in [6.45, 7) is 0. The number of nitrogens with zero attached hydrogens (tertiary/aromatic N) is 2. The second kappa shape index (κ2) is 6.44. The highest BCUT2D eigenvalue weighted by Gasteiger charge is 2.52. The Morgan fingerprint density at radius 3 is 1.65 bits per heavy atom. The van der Waals surface area contributed by atoms with Gasteiger partial charge in [0.1, 0.15) is 0 Å². The van der Waals surface area contributed by atoms with Gasteiger partial charge in [0.2, 0.25) is 0 Å². The molecule has 128 valence electrons. The fourth-order valence-electron chi connectivity index (χ4n) is 3.34. The molecule has 1 heterocycles. The van der Waals surface area contributed by atoms with E-state index in [2.05, 4.69) is 0 Å². The summed E-state index contributed by atoms with van der Waals surface area (Å²) in [7, 11) is 0. The second-order valence-corrected chi connectivity index (χ2v) is 6.23. The molecule has 1 aliphatic heterocycles. The summed E-state index contributed by atoms with van der Waals surface area (Å²) in [6, 6.07) is 25.5. The number of rotatable bonds is 4. The van der Waals surface area contributed by atoms with Crippen LogP contribution in [0.2, 0.25) is 0 Å². The Hall–Kier alpha value is -3.47. The van der Waals surface area contributed by atoms with Crippen LogP contribution in [0.1, 0.15) is 33.6 Å². The summed E-state index contributed by atoms with van der Waals surface area (Å²) in [4.78, 5) is 25.2. The van der Waals surface area contributed by atoms with E-state index in [-0.39, 0.29) is 23.7 Å². The van der Waals surface area contributed by atoms with Crippen molar-refractivity contribution in [2.75, 3.05) is 0 Å². The Morgan fingerprint density at radius 2 is 1.23 bits per heavy atom. The molecule has 3 aromatic carbocycles. The Bertz CT molecular complexity index is 895. The number of carbonyl (C=O) groups excluding carboxylic acids is 1. The zero-order chi connectivity index (χ0) is 18.1. The van der Waals surface area contributed by atoms with E-state index in [9.17, 15) is 14.9 Å². The zero-order valence-electron chi connectivity index (χ0n) is 13.9. The first-order valence-electron chi connectivity index (χ1n) is 8.34. The van der Waals surface area contributed by atoms with Gasteiger partial charge in [-0.05, 0) is 23.3 Å².